The maximum Gasteiger partial charge on any atom is 0.335 e. The van der Waals surface area contributed by atoms with Crippen LogP contribution in [0.25, 0.3) is 0 Å². The van der Waals surface area contributed by atoms with Gasteiger partial charge in [-0.15, -0.1) is 0 Å². The quantitative estimate of drug-likeness (QED) is 0.594. The Hall–Kier alpha value is -2.82. The fourth-order valence-corrected chi connectivity index (χ4v) is 1.88. The van der Waals surface area contributed by atoms with Crippen LogP contribution in [0.2, 0.25) is 0 Å². The average molecular weight is 284 g/mol. The molecule has 0 unspecified atom stereocenters. The summed E-state index contributed by atoms with van der Waals surface area (Å²) in [5.41, 5.74) is 5.75. The minimum Gasteiger partial charge on any atom is -0.507 e. The normalized spacial score (nSPS) is 11.2. The maximum atomic E-state index is 10.9. The lowest BCUT2D eigenvalue weighted by atomic mass is 10.1. The van der Waals surface area contributed by atoms with E-state index in [1.54, 1.807) is 31.2 Å². The molecule has 0 saturated heterocycles. The molecule has 0 amide bonds. The van der Waals surface area contributed by atoms with Crippen molar-refractivity contribution in [2.75, 3.05) is 5.43 Å². The number of nitrogens with one attached hydrogen (secondary N) is 1. The Labute approximate surface area is 122 Å². The number of hydrogen-bond donors (Lipinski definition) is 3. The summed E-state index contributed by atoms with van der Waals surface area (Å²) in [4.78, 5) is 10.9. The van der Waals surface area contributed by atoms with Crippen molar-refractivity contribution in [3.05, 3.63) is 59.2 Å². The summed E-state index contributed by atoms with van der Waals surface area (Å²) < 4.78 is 0. The number of anilines is 1. The van der Waals surface area contributed by atoms with Crippen molar-refractivity contribution in [2.45, 2.75) is 13.8 Å². The molecule has 21 heavy (non-hydrogen) atoms. The molecule has 0 heterocycles. The zero-order valence-electron chi connectivity index (χ0n) is 11.8. The van der Waals surface area contributed by atoms with Crippen LogP contribution in [-0.2, 0) is 0 Å². The van der Waals surface area contributed by atoms with Crippen molar-refractivity contribution >= 4 is 17.4 Å². The first kappa shape index (κ1) is 14.6. The lowest BCUT2D eigenvalue weighted by Gasteiger charge is -2.07. The molecule has 2 aromatic carbocycles. The second-order valence-electron chi connectivity index (χ2n) is 4.72. The molecule has 0 aliphatic carbocycles. The number of rotatable bonds is 4. The third-order valence-corrected chi connectivity index (χ3v) is 3.01. The summed E-state index contributed by atoms with van der Waals surface area (Å²) in [5, 5.41) is 23.0. The van der Waals surface area contributed by atoms with Crippen molar-refractivity contribution in [1.82, 2.24) is 0 Å². The van der Waals surface area contributed by atoms with Crippen LogP contribution < -0.4 is 5.43 Å². The summed E-state index contributed by atoms with van der Waals surface area (Å²) in [5.74, 6) is -0.826. The monoisotopic (exact) mass is 284 g/mol. The summed E-state index contributed by atoms with van der Waals surface area (Å²) >= 11 is 0. The van der Waals surface area contributed by atoms with Crippen LogP contribution in [0.3, 0.4) is 0 Å². The number of phenols is 1. The largest absolute Gasteiger partial charge is 0.507 e. The van der Waals surface area contributed by atoms with E-state index < -0.39 is 5.97 Å². The van der Waals surface area contributed by atoms with Crippen molar-refractivity contribution in [3.63, 3.8) is 0 Å². The molecule has 3 N–H and O–H groups in total. The lowest BCUT2D eigenvalue weighted by molar-refractivity contribution is 0.0697. The van der Waals surface area contributed by atoms with Gasteiger partial charge in [0.05, 0.1) is 17.0 Å². The van der Waals surface area contributed by atoms with Crippen LogP contribution >= 0.6 is 0 Å². The molecular weight excluding hydrogens is 268 g/mol. The molecule has 2 aromatic rings. The number of carboxylic acids is 1. The van der Waals surface area contributed by atoms with E-state index in [-0.39, 0.29) is 11.3 Å². The van der Waals surface area contributed by atoms with Gasteiger partial charge in [0.1, 0.15) is 5.75 Å². The van der Waals surface area contributed by atoms with Gasteiger partial charge in [0.25, 0.3) is 0 Å². The van der Waals surface area contributed by atoms with E-state index in [9.17, 15) is 9.90 Å². The number of hydrogen-bond acceptors (Lipinski definition) is 4. The first-order valence-electron chi connectivity index (χ1n) is 6.41. The lowest BCUT2D eigenvalue weighted by Crippen LogP contribution is -2.02. The minimum absolute atomic E-state index is 0.164. The van der Waals surface area contributed by atoms with Crippen LogP contribution in [0.5, 0.6) is 5.75 Å². The predicted octanol–water partition coefficient (Wildman–Crippen LogP) is 3.23. The zero-order valence-corrected chi connectivity index (χ0v) is 11.8. The van der Waals surface area contributed by atoms with E-state index in [1.165, 1.54) is 12.1 Å². The van der Waals surface area contributed by atoms with Gasteiger partial charge in [-0.1, -0.05) is 12.1 Å². The number of aryl methyl sites for hydroxylation is 1. The molecule has 0 aromatic heterocycles. The summed E-state index contributed by atoms with van der Waals surface area (Å²) in [6.07, 6.45) is 0. The number of phenolic OH excluding ortho intramolecular Hbond substituents is 1. The standard InChI is InChI=1S/C16H16N2O3/c1-10-6-7-14(15(19)8-10)11(2)17-18-13-5-3-4-12(9-13)16(20)21/h3-9,18-19H,1-2H3,(H,20,21)/b17-11+. The molecule has 0 spiro atoms. The number of carboxylic acid groups (broad SMARTS) is 1. The van der Waals surface area contributed by atoms with Crippen molar-refractivity contribution in [1.29, 1.82) is 0 Å². The summed E-state index contributed by atoms with van der Waals surface area (Å²) in [7, 11) is 0. The Morgan fingerprint density at radius 1 is 1.19 bits per heavy atom. The number of benzene rings is 2. The maximum absolute atomic E-state index is 10.9. The number of carbonyl (C=O) groups is 1. The second kappa shape index (κ2) is 6.09. The van der Waals surface area contributed by atoms with Crippen molar-refractivity contribution in [3.8, 4) is 5.75 Å². The van der Waals surface area contributed by atoms with Gasteiger partial charge in [-0.2, -0.15) is 5.10 Å². The first-order valence-corrected chi connectivity index (χ1v) is 6.41. The highest BCUT2D eigenvalue weighted by Crippen LogP contribution is 2.19. The molecule has 0 aliphatic rings. The van der Waals surface area contributed by atoms with Gasteiger partial charge in [0, 0.05) is 5.56 Å². The van der Waals surface area contributed by atoms with E-state index in [1.807, 2.05) is 13.0 Å². The highest BCUT2D eigenvalue weighted by atomic mass is 16.4. The molecule has 0 atom stereocenters. The van der Waals surface area contributed by atoms with Gasteiger partial charge >= 0.3 is 5.97 Å². The molecule has 0 radical (unpaired) electrons. The Morgan fingerprint density at radius 2 is 1.95 bits per heavy atom. The average Bonchev–Trinajstić information content (AvgIpc) is 2.45. The smallest absolute Gasteiger partial charge is 0.335 e. The minimum atomic E-state index is -0.990. The Balaban J connectivity index is 2.20. The molecule has 5 heteroatoms. The van der Waals surface area contributed by atoms with Gasteiger partial charge in [-0.25, -0.2) is 4.79 Å². The molecule has 5 nitrogen and oxygen atoms in total. The van der Waals surface area contributed by atoms with Crippen molar-refractivity contribution < 1.29 is 15.0 Å². The molecule has 0 fully saturated rings. The zero-order chi connectivity index (χ0) is 15.4. The second-order valence-corrected chi connectivity index (χ2v) is 4.72. The SMILES string of the molecule is C/C(=N\Nc1cccc(C(=O)O)c1)c1ccc(C)cc1O. The third kappa shape index (κ3) is 3.60. The van der Waals surface area contributed by atoms with Crippen LogP contribution in [0, 0.1) is 6.92 Å². The van der Waals surface area contributed by atoms with Gasteiger partial charge in [0.2, 0.25) is 0 Å². The number of aromatic hydroxyl groups is 1. The van der Waals surface area contributed by atoms with E-state index in [0.29, 0.717) is 17.0 Å². The molecule has 0 aliphatic heterocycles. The molecule has 0 saturated carbocycles. The topological polar surface area (TPSA) is 81.9 Å². The molecule has 0 bridgehead atoms. The molecule has 2 rings (SSSR count). The highest BCUT2D eigenvalue weighted by molar-refractivity contribution is 6.01. The first-order chi connectivity index (χ1) is 9.97. The van der Waals surface area contributed by atoms with Gasteiger partial charge in [0.15, 0.2) is 0 Å². The van der Waals surface area contributed by atoms with E-state index in [0.717, 1.165) is 5.56 Å². The van der Waals surface area contributed by atoms with Crippen LogP contribution in [-0.4, -0.2) is 21.9 Å². The predicted molar refractivity (Wildman–Crippen MR) is 82.1 cm³/mol. The van der Waals surface area contributed by atoms with E-state index in [2.05, 4.69) is 10.5 Å². The summed E-state index contributed by atoms with van der Waals surface area (Å²) in [6, 6.07) is 11.7. The Kier molecular flexibility index (Phi) is 4.23. The fourth-order valence-electron chi connectivity index (χ4n) is 1.88. The number of hydrazone groups is 1. The van der Waals surface area contributed by atoms with E-state index >= 15 is 0 Å². The summed E-state index contributed by atoms with van der Waals surface area (Å²) in [6.45, 7) is 3.66. The van der Waals surface area contributed by atoms with Crippen LogP contribution in [0.4, 0.5) is 5.69 Å². The Morgan fingerprint density at radius 3 is 2.62 bits per heavy atom. The van der Waals surface area contributed by atoms with Crippen LogP contribution in [0.15, 0.2) is 47.6 Å². The fraction of sp³-hybridized carbons (Fsp3) is 0.125. The van der Waals surface area contributed by atoms with Crippen molar-refractivity contribution in [2.24, 2.45) is 5.10 Å². The van der Waals surface area contributed by atoms with Gasteiger partial charge in [-0.3, -0.25) is 5.43 Å². The Bertz CT molecular complexity index is 708. The number of nitrogens with zero attached hydrogens (tertiary/aromatic N) is 1. The third-order valence-electron chi connectivity index (χ3n) is 3.01. The van der Waals surface area contributed by atoms with Gasteiger partial charge in [-0.05, 0) is 49.7 Å². The highest BCUT2D eigenvalue weighted by Gasteiger charge is 2.05. The van der Waals surface area contributed by atoms with E-state index in [4.69, 9.17) is 5.11 Å². The van der Waals surface area contributed by atoms with Crippen LogP contribution in [0.1, 0.15) is 28.4 Å². The molecule has 108 valence electrons. The van der Waals surface area contributed by atoms with Gasteiger partial charge < -0.3 is 10.2 Å². The number of aromatic carboxylic acids is 1. The molecular formula is C16H16N2O3.